The molecule has 0 aromatic heterocycles. The van der Waals surface area contributed by atoms with E-state index in [-0.39, 0.29) is 12.5 Å². The fourth-order valence-corrected chi connectivity index (χ4v) is 1.60. The molecule has 2 heteroatoms. The Bertz CT molecular complexity index is 209. The van der Waals surface area contributed by atoms with Crippen molar-refractivity contribution >= 4 is 0 Å². The number of hydrogen-bond donors (Lipinski definition) is 2. The monoisotopic (exact) mass is 212 g/mol. The van der Waals surface area contributed by atoms with Crippen LogP contribution in [-0.2, 0) is 0 Å². The van der Waals surface area contributed by atoms with E-state index in [0.717, 1.165) is 36.8 Å². The van der Waals surface area contributed by atoms with Gasteiger partial charge < -0.3 is 10.2 Å². The zero-order valence-corrected chi connectivity index (χ0v) is 10.00. The Labute approximate surface area is 93.3 Å². The van der Waals surface area contributed by atoms with Gasteiger partial charge in [-0.15, -0.1) is 0 Å². The molecule has 2 nitrogen and oxygen atoms in total. The van der Waals surface area contributed by atoms with Gasteiger partial charge in [-0.25, -0.2) is 0 Å². The summed E-state index contributed by atoms with van der Waals surface area (Å²) < 4.78 is 0. The molecule has 0 amide bonds. The molecule has 0 radical (unpaired) electrons. The third-order valence-electron chi connectivity index (χ3n) is 2.94. The van der Waals surface area contributed by atoms with Gasteiger partial charge >= 0.3 is 0 Å². The molecule has 0 rings (SSSR count). The summed E-state index contributed by atoms with van der Waals surface area (Å²) in [6.07, 6.45) is 2.99. The maximum absolute atomic E-state index is 9.97. The molecule has 0 aromatic carbocycles. The van der Waals surface area contributed by atoms with Crippen molar-refractivity contribution in [2.45, 2.75) is 45.6 Å². The van der Waals surface area contributed by atoms with Gasteiger partial charge in [-0.05, 0) is 30.8 Å². The van der Waals surface area contributed by atoms with E-state index in [1.807, 2.05) is 6.92 Å². The predicted octanol–water partition coefficient (Wildman–Crippen LogP) is 2.67. The van der Waals surface area contributed by atoms with E-state index in [2.05, 4.69) is 20.1 Å². The molecule has 0 saturated carbocycles. The summed E-state index contributed by atoms with van der Waals surface area (Å²) in [6.45, 7) is 11.7. The van der Waals surface area contributed by atoms with Crippen LogP contribution in [-0.4, -0.2) is 22.9 Å². The Morgan fingerprint density at radius 1 is 1.27 bits per heavy atom. The minimum atomic E-state index is -0.411. The van der Waals surface area contributed by atoms with Crippen LogP contribution >= 0.6 is 0 Å². The number of rotatable bonds is 8. The van der Waals surface area contributed by atoms with Crippen molar-refractivity contribution in [3.63, 3.8) is 0 Å². The van der Waals surface area contributed by atoms with Gasteiger partial charge in [0.05, 0.1) is 12.7 Å². The number of aliphatic hydroxyl groups is 2. The van der Waals surface area contributed by atoms with Crippen LogP contribution < -0.4 is 0 Å². The van der Waals surface area contributed by atoms with Crippen LogP contribution in [0.15, 0.2) is 24.3 Å². The first kappa shape index (κ1) is 14.4. The van der Waals surface area contributed by atoms with E-state index >= 15 is 0 Å². The van der Waals surface area contributed by atoms with Gasteiger partial charge in [0.15, 0.2) is 0 Å². The van der Waals surface area contributed by atoms with Crippen molar-refractivity contribution in [3.8, 4) is 0 Å². The van der Waals surface area contributed by atoms with Crippen LogP contribution in [0.1, 0.15) is 39.5 Å². The van der Waals surface area contributed by atoms with Gasteiger partial charge in [-0.2, -0.15) is 0 Å². The van der Waals surface area contributed by atoms with Crippen LogP contribution in [0.5, 0.6) is 0 Å². The summed E-state index contributed by atoms with van der Waals surface area (Å²) in [5.74, 6) is 0.237. The molecule has 0 bridgehead atoms. The maximum Gasteiger partial charge on any atom is 0.0775 e. The molecule has 88 valence electrons. The molecule has 0 spiro atoms. The highest BCUT2D eigenvalue weighted by atomic mass is 16.3. The van der Waals surface area contributed by atoms with Gasteiger partial charge in [0.25, 0.3) is 0 Å². The molecule has 2 unspecified atom stereocenters. The largest absolute Gasteiger partial charge is 0.392 e. The number of aliphatic hydroxyl groups excluding tert-OH is 2. The predicted molar refractivity (Wildman–Crippen MR) is 64.7 cm³/mol. The van der Waals surface area contributed by atoms with Gasteiger partial charge in [-0.1, -0.05) is 39.0 Å². The van der Waals surface area contributed by atoms with E-state index in [4.69, 9.17) is 5.11 Å². The standard InChI is InChI=1S/C13H24O2/c1-5-11(4)13(15)12(6-2)8-7-10(3)9-14/h12-15H,3-9H2,1-2H3. The minimum Gasteiger partial charge on any atom is -0.392 e. The van der Waals surface area contributed by atoms with E-state index in [0.29, 0.717) is 0 Å². The second-order valence-electron chi connectivity index (χ2n) is 4.07. The molecule has 0 aliphatic carbocycles. The fourth-order valence-electron chi connectivity index (χ4n) is 1.60. The molecule has 15 heavy (non-hydrogen) atoms. The van der Waals surface area contributed by atoms with E-state index in [1.165, 1.54) is 0 Å². The van der Waals surface area contributed by atoms with Crippen molar-refractivity contribution in [3.05, 3.63) is 24.3 Å². The molecule has 0 heterocycles. The Kier molecular flexibility index (Phi) is 7.35. The molecule has 2 atom stereocenters. The minimum absolute atomic E-state index is 0.0429. The van der Waals surface area contributed by atoms with Crippen LogP contribution in [0.3, 0.4) is 0 Å². The normalized spacial score (nSPS) is 14.7. The molecular formula is C13H24O2. The SMILES string of the molecule is C=C(CO)CCC(CC)C(O)C(=C)CC. The highest BCUT2D eigenvalue weighted by Crippen LogP contribution is 2.23. The summed E-state index contributed by atoms with van der Waals surface area (Å²) in [5.41, 5.74) is 1.74. The smallest absolute Gasteiger partial charge is 0.0775 e. The van der Waals surface area contributed by atoms with Crippen molar-refractivity contribution in [2.75, 3.05) is 6.61 Å². The first-order valence-electron chi connectivity index (χ1n) is 5.69. The van der Waals surface area contributed by atoms with Crippen LogP contribution in [0.25, 0.3) is 0 Å². The van der Waals surface area contributed by atoms with Gasteiger partial charge in [0, 0.05) is 0 Å². The lowest BCUT2D eigenvalue weighted by atomic mass is 9.88. The third-order valence-corrected chi connectivity index (χ3v) is 2.94. The number of hydrogen-bond acceptors (Lipinski definition) is 2. The summed E-state index contributed by atoms with van der Waals surface area (Å²) in [4.78, 5) is 0. The van der Waals surface area contributed by atoms with Crippen molar-refractivity contribution in [1.82, 2.24) is 0 Å². The maximum atomic E-state index is 9.97. The first-order chi connectivity index (χ1) is 7.06. The van der Waals surface area contributed by atoms with Gasteiger partial charge in [0.1, 0.15) is 0 Å². The molecule has 0 fully saturated rings. The highest BCUT2D eigenvalue weighted by molar-refractivity contribution is 5.04. The molecule has 0 aliphatic heterocycles. The van der Waals surface area contributed by atoms with Crippen molar-refractivity contribution in [2.24, 2.45) is 5.92 Å². The molecule has 0 aliphatic rings. The second-order valence-corrected chi connectivity index (χ2v) is 4.07. The molecule has 0 aromatic rings. The van der Waals surface area contributed by atoms with E-state index < -0.39 is 6.10 Å². The Hall–Kier alpha value is -0.600. The lowest BCUT2D eigenvalue weighted by Gasteiger charge is -2.23. The van der Waals surface area contributed by atoms with Gasteiger partial charge in [0.2, 0.25) is 0 Å². The average molecular weight is 212 g/mol. The lowest BCUT2D eigenvalue weighted by molar-refractivity contribution is 0.130. The fraction of sp³-hybridized carbons (Fsp3) is 0.692. The van der Waals surface area contributed by atoms with Crippen LogP contribution in [0.2, 0.25) is 0 Å². The quantitative estimate of drug-likeness (QED) is 0.607. The van der Waals surface area contributed by atoms with Gasteiger partial charge in [-0.3, -0.25) is 0 Å². The van der Waals surface area contributed by atoms with Crippen molar-refractivity contribution in [1.29, 1.82) is 0 Å². The summed E-state index contributed by atoms with van der Waals surface area (Å²) >= 11 is 0. The third kappa shape index (κ3) is 5.14. The Balaban J connectivity index is 4.12. The van der Waals surface area contributed by atoms with E-state index in [9.17, 15) is 5.11 Å². The molecule has 0 saturated heterocycles. The van der Waals surface area contributed by atoms with Crippen LogP contribution in [0.4, 0.5) is 0 Å². The van der Waals surface area contributed by atoms with Crippen molar-refractivity contribution < 1.29 is 10.2 Å². The summed E-state index contributed by atoms with van der Waals surface area (Å²) in [7, 11) is 0. The highest BCUT2D eigenvalue weighted by Gasteiger charge is 2.18. The molecule has 2 N–H and O–H groups in total. The summed E-state index contributed by atoms with van der Waals surface area (Å²) in [5, 5.41) is 18.8. The lowest BCUT2D eigenvalue weighted by Crippen LogP contribution is -2.21. The van der Waals surface area contributed by atoms with Crippen LogP contribution in [0, 0.1) is 5.92 Å². The Morgan fingerprint density at radius 3 is 2.27 bits per heavy atom. The topological polar surface area (TPSA) is 40.5 Å². The second kappa shape index (κ2) is 7.66. The first-order valence-corrected chi connectivity index (χ1v) is 5.69. The molecular weight excluding hydrogens is 188 g/mol. The van der Waals surface area contributed by atoms with E-state index in [1.54, 1.807) is 0 Å². The average Bonchev–Trinajstić information content (AvgIpc) is 2.27. The zero-order valence-electron chi connectivity index (χ0n) is 10.00. The Morgan fingerprint density at radius 2 is 1.87 bits per heavy atom. The summed E-state index contributed by atoms with van der Waals surface area (Å²) in [6, 6.07) is 0. The zero-order chi connectivity index (χ0) is 11.8.